The van der Waals surface area contributed by atoms with Gasteiger partial charge in [0.05, 0.1) is 11.8 Å². The maximum absolute atomic E-state index is 11.5. The number of fused-ring (bicyclic) bond motifs is 8. The van der Waals surface area contributed by atoms with Gasteiger partial charge >= 0.3 is 0 Å². The Morgan fingerprint density at radius 2 is 1.31 bits per heavy atom. The van der Waals surface area contributed by atoms with E-state index in [4.69, 9.17) is 0 Å². The molecule has 3 saturated carbocycles. The molecule has 1 heterocycles. The van der Waals surface area contributed by atoms with Crippen LogP contribution in [0, 0.1) is 35.5 Å². The van der Waals surface area contributed by atoms with Crippen molar-refractivity contribution in [1.82, 2.24) is 5.32 Å². The molecule has 13 heavy (non-hydrogen) atoms. The van der Waals surface area contributed by atoms with Crippen LogP contribution in [0.1, 0.15) is 12.8 Å². The van der Waals surface area contributed by atoms with E-state index < -0.39 is 0 Å². The molecule has 3 aliphatic carbocycles. The highest BCUT2D eigenvalue weighted by atomic mass is 16.2. The van der Waals surface area contributed by atoms with E-state index in [0.29, 0.717) is 11.8 Å². The zero-order valence-corrected chi connectivity index (χ0v) is 7.19. The number of rotatable bonds is 0. The SMILES string of the molecule is O=C1NC(=O)C2C3CC(C4CC43)C12. The number of amides is 2. The molecule has 1 aliphatic heterocycles. The Morgan fingerprint density at radius 1 is 0.846 bits per heavy atom. The summed E-state index contributed by atoms with van der Waals surface area (Å²) in [6.45, 7) is 0. The van der Waals surface area contributed by atoms with E-state index >= 15 is 0 Å². The predicted octanol–water partition coefficient (Wildman–Crippen LogP) is 0.161. The molecule has 6 unspecified atom stereocenters. The molecule has 1 N–H and O–H groups in total. The van der Waals surface area contributed by atoms with Gasteiger partial charge in [0.15, 0.2) is 0 Å². The third-order valence-corrected chi connectivity index (χ3v) is 4.70. The first-order valence-electron chi connectivity index (χ1n) is 5.12. The fourth-order valence-corrected chi connectivity index (χ4v) is 4.25. The first-order chi connectivity index (χ1) is 6.27. The minimum Gasteiger partial charge on any atom is -0.296 e. The van der Waals surface area contributed by atoms with E-state index in [2.05, 4.69) is 5.32 Å². The van der Waals surface area contributed by atoms with Crippen LogP contribution in [0.5, 0.6) is 0 Å². The lowest BCUT2D eigenvalue weighted by Crippen LogP contribution is -2.26. The molecule has 4 fully saturated rings. The minimum absolute atomic E-state index is 0.0212. The van der Waals surface area contributed by atoms with Gasteiger partial charge in [0.1, 0.15) is 0 Å². The average Bonchev–Trinajstić information content (AvgIpc) is 2.58. The summed E-state index contributed by atoms with van der Waals surface area (Å²) < 4.78 is 0. The Kier molecular flexibility index (Phi) is 0.848. The van der Waals surface area contributed by atoms with Crippen molar-refractivity contribution in [2.24, 2.45) is 35.5 Å². The van der Waals surface area contributed by atoms with Gasteiger partial charge in [0.25, 0.3) is 0 Å². The summed E-state index contributed by atoms with van der Waals surface area (Å²) >= 11 is 0. The number of carbonyl (C=O) groups excluding carboxylic acids is 2. The second-order valence-corrected chi connectivity index (χ2v) is 5.03. The van der Waals surface area contributed by atoms with Crippen LogP contribution < -0.4 is 5.32 Å². The van der Waals surface area contributed by atoms with Gasteiger partial charge in [-0.25, -0.2) is 0 Å². The third kappa shape index (κ3) is 0.550. The van der Waals surface area contributed by atoms with E-state index in [1.165, 1.54) is 6.42 Å². The van der Waals surface area contributed by atoms with Gasteiger partial charge in [-0.05, 0) is 36.5 Å². The highest BCUT2D eigenvalue weighted by Gasteiger charge is 2.70. The minimum atomic E-state index is 0.0212. The lowest BCUT2D eigenvalue weighted by Gasteiger charge is -2.18. The maximum Gasteiger partial charge on any atom is 0.230 e. The summed E-state index contributed by atoms with van der Waals surface area (Å²) in [6.07, 6.45) is 2.45. The van der Waals surface area contributed by atoms with Gasteiger partial charge in [-0.1, -0.05) is 0 Å². The second kappa shape index (κ2) is 1.68. The fourth-order valence-electron chi connectivity index (χ4n) is 4.25. The molecule has 0 aromatic heterocycles. The Balaban J connectivity index is 1.84. The van der Waals surface area contributed by atoms with Gasteiger partial charge < -0.3 is 0 Å². The van der Waals surface area contributed by atoms with Crippen LogP contribution in [0.2, 0.25) is 0 Å². The second-order valence-electron chi connectivity index (χ2n) is 5.03. The summed E-state index contributed by atoms with van der Waals surface area (Å²) in [5.74, 6) is 2.92. The van der Waals surface area contributed by atoms with E-state index in [9.17, 15) is 9.59 Å². The Morgan fingerprint density at radius 3 is 1.85 bits per heavy atom. The number of carbonyl (C=O) groups is 2. The fraction of sp³-hybridized carbons (Fsp3) is 0.800. The van der Waals surface area contributed by atoms with Crippen LogP contribution in [-0.2, 0) is 9.59 Å². The zero-order chi connectivity index (χ0) is 8.74. The first-order valence-corrected chi connectivity index (χ1v) is 5.12. The monoisotopic (exact) mass is 177 g/mol. The van der Waals surface area contributed by atoms with Crippen LogP contribution in [0.4, 0.5) is 0 Å². The molecular weight excluding hydrogens is 166 g/mol. The smallest absolute Gasteiger partial charge is 0.230 e. The van der Waals surface area contributed by atoms with Crippen molar-refractivity contribution in [1.29, 1.82) is 0 Å². The van der Waals surface area contributed by atoms with Crippen LogP contribution in [0.15, 0.2) is 0 Å². The number of imide groups is 1. The molecule has 0 aromatic carbocycles. The van der Waals surface area contributed by atoms with Crippen molar-refractivity contribution in [3.05, 3.63) is 0 Å². The molecule has 6 atom stereocenters. The van der Waals surface area contributed by atoms with Crippen molar-refractivity contribution in [2.75, 3.05) is 0 Å². The molecule has 3 heteroatoms. The quantitative estimate of drug-likeness (QED) is 0.536. The van der Waals surface area contributed by atoms with Crippen molar-refractivity contribution in [3.63, 3.8) is 0 Å². The van der Waals surface area contributed by atoms with Gasteiger partial charge in [-0.15, -0.1) is 0 Å². The number of nitrogens with one attached hydrogen (secondary N) is 1. The molecule has 4 aliphatic rings. The standard InChI is InChI=1S/C10H11NO2/c12-9-7-5-2-6(4-1-3(4)5)8(7)10(13)11-9/h3-8H,1-2H2,(H,11,12,13). The van der Waals surface area contributed by atoms with Crippen molar-refractivity contribution in [3.8, 4) is 0 Å². The first kappa shape index (κ1) is 6.57. The summed E-state index contributed by atoms with van der Waals surface area (Å²) in [4.78, 5) is 23.0. The normalized spacial score (nSPS) is 60.6. The van der Waals surface area contributed by atoms with E-state index in [1.54, 1.807) is 0 Å². The molecule has 0 aromatic rings. The topological polar surface area (TPSA) is 46.2 Å². The molecule has 0 radical (unpaired) electrons. The van der Waals surface area contributed by atoms with Crippen molar-refractivity contribution >= 4 is 11.8 Å². The molecular formula is C10H11NO2. The summed E-state index contributed by atoms with van der Waals surface area (Å²) in [7, 11) is 0. The highest BCUT2D eigenvalue weighted by molar-refractivity contribution is 6.06. The number of hydrogen-bond acceptors (Lipinski definition) is 2. The number of hydrogen-bond donors (Lipinski definition) is 1. The Labute approximate surface area is 75.9 Å². The summed E-state index contributed by atoms with van der Waals surface area (Å²) in [5, 5.41) is 2.48. The van der Waals surface area contributed by atoms with Gasteiger partial charge in [0.2, 0.25) is 11.8 Å². The summed E-state index contributed by atoms with van der Waals surface area (Å²) in [6, 6.07) is 0. The maximum atomic E-state index is 11.5. The average molecular weight is 177 g/mol. The van der Waals surface area contributed by atoms with E-state index in [-0.39, 0.29) is 23.7 Å². The predicted molar refractivity (Wildman–Crippen MR) is 43.3 cm³/mol. The van der Waals surface area contributed by atoms with Crippen LogP contribution in [0.3, 0.4) is 0 Å². The van der Waals surface area contributed by atoms with E-state index in [1.807, 2.05) is 0 Å². The Hall–Kier alpha value is -0.860. The van der Waals surface area contributed by atoms with Crippen molar-refractivity contribution in [2.45, 2.75) is 12.8 Å². The lowest BCUT2D eigenvalue weighted by atomic mass is 9.81. The van der Waals surface area contributed by atoms with E-state index in [0.717, 1.165) is 18.3 Å². The van der Waals surface area contributed by atoms with Crippen LogP contribution in [0.25, 0.3) is 0 Å². The molecule has 2 bridgehead atoms. The van der Waals surface area contributed by atoms with Gasteiger partial charge in [-0.3, -0.25) is 14.9 Å². The summed E-state index contributed by atoms with van der Waals surface area (Å²) in [5.41, 5.74) is 0. The van der Waals surface area contributed by atoms with Crippen LogP contribution in [-0.4, -0.2) is 11.8 Å². The molecule has 68 valence electrons. The molecule has 3 nitrogen and oxygen atoms in total. The molecule has 4 rings (SSSR count). The molecule has 1 saturated heterocycles. The zero-order valence-electron chi connectivity index (χ0n) is 7.19. The third-order valence-electron chi connectivity index (χ3n) is 4.70. The largest absolute Gasteiger partial charge is 0.296 e. The molecule has 0 spiro atoms. The van der Waals surface area contributed by atoms with Crippen molar-refractivity contribution < 1.29 is 9.59 Å². The van der Waals surface area contributed by atoms with Gasteiger partial charge in [-0.2, -0.15) is 0 Å². The lowest BCUT2D eigenvalue weighted by molar-refractivity contribution is -0.127. The highest BCUT2D eigenvalue weighted by Crippen LogP contribution is 2.70. The Bertz CT molecular complexity index is 308. The van der Waals surface area contributed by atoms with Gasteiger partial charge in [0, 0.05) is 0 Å². The molecule has 2 amide bonds. The van der Waals surface area contributed by atoms with Crippen LogP contribution >= 0.6 is 0 Å².